The molecule has 1 aromatic carbocycles. The smallest absolute Gasteiger partial charge is 0.419 e. The van der Waals surface area contributed by atoms with Gasteiger partial charge in [-0.1, -0.05) is 85.8 Å². The third-order valence-electron chi connectivity index (χ3n) is 6.02. The fourth-order valence-electron chi connectivity index (χ4n) is 3.12. The van der Waals surface area contributed by atoms with Crippen LogP contribution in [-0.4, -0.2) is 6.10 Å². The standard InChI is InChI=1S/C23H37F3O/c1-7-8-9-10-11-12-17-20(22(5,6)21(2,3)4)27-19-16-14-13-15-18(19)23(24,25)26/h13-16,20H,7-12,17H2,1-6H3. The molecular weight excluding hydrogens is 349 g/mol. The Morgan fingerprint density at radius 2 is 1.41 bits per heavy atom. The predicted octanol–water partition coefficient (Wildman–Crippen LogP) is 8.28. The first-order chi connectivity index (χ1) is 12.4. The van der Waals surface area contributed by atoms with E-state index < -0.39 is 11.7 Å². The minimum absolute atomic E-state index is 0.0571. The molecule has 0 aromatic heterocycles. The van der Waals surface area contributed by atoms with E-state index in [2.05, 4.69) is 41.5 Å². The van der Waals surface area contributed by atoms with Gasteiger partial charge in [0.05, 0.1) is 5.56 Å². The van der Waals surface area contributed by atoms with Crippen LogP contribution in [0.15, 0.2) is 24.3 Å². The zero-order chi connectivity index (χ0) is 20.7. The van der Waals surface area contributed by atoms with Crippen molar-refractivity contribution in [2.24, 2.45) is 10.8 Å². The number of hydrogen-bond acceptors (Lipinski definition) is 1. The Morgan fingerprint density at radius 3 is 1.96 bits per heavy atom. The molecule has 0 saturated carbocycles. The van der Waals surface area contributed by atoms with Crippen molar-refractivity contribution in [1.29, 1.82) is 0 Å². The first-order valence-electron chi connectivity index (χ1n) is 10.2. The van der Waals surface area contributed by atoms with Crippen LogP contribution in [0.3, 0.4) is 0 Å². The minimum atomic E-state index is -4.41. The Hall–Kier alpha value is -1.19. The zero-order valence-electron chi connectivity index (χ0n) is 17.9. The maximum Gasteiger partial charge on any atom is 0.419 e. The van der Waals surface area contributed by atoms with Crippen LogP contribution in [0.5, 0.6) is 5.75 Å². The van der Waals surface area contributed by atoms with Crippen molar-refractivity contribution in [3.05, 3.63) is 29.8 Å². The Labute approximate surface area is 163 Å². The van der Waals surface area contributed by atoms with Crippen molar-refractivity contribution < 1.29 is 17.9 Å². The van der Waals surface area contributed by atoms with Gasteiger partial charge in [-0.15, -0.1) is 0 Å². The van der Waals surface area contributed by atoms with Crippen molar-refractivity contribution in [2.45, 2.75) is 98.8 Å². The van der Waals surface area contributed by atoms with E-state index in [1.54, 1.807) is 6.07 Å². The molecule has 0 aliphatic rings. The van der Waals surface area contributed by atoms with Crippen LogP contribution in [0.2, 0.25) is 0 Å². The summed E-state index contributed by atoms with van der Waals surface area (Å²) in [4.78, 5) is 0. The van der Waals surface area contributed by atoms with E-state index >= 15 is 0 Å². The predicted molar refractivity (Wildman–Crippen MR) is 107 cm³/mol. The topological polar surface area (TPSA) is 9.23 Å². The molecule has 0 N–H and O–H groups in total. The largest absolute Gasteiger partial charge is 0.489 e. The highest BCUT2D eigenvalue weighted by atomic mass is 19.4. The van der Waals surface area contributed by atoms with Crippen molar-refractivity contribution in [1.82, 2.24) is 0 Å². The molecule has 0 amide bonds. The molecule has 0 radical (unpaired) electrons. The van der Waals surface area contributed by atoms with Crippen LogP contribution >= 0.6 is 0 Å². The summed E-state index contributed by atoms with van der Waals surface area (Å²) in [6, 6.07) is 5.56. The first-order valence-corrected chi connectivity index (χ1v) is 10.2. The number of rotatable bonds is 10. The van der Waals surface area contributed by atoms with E-state index in [1.807, 2.05) is 0 Å². The van der Waals surface area contributed by atoms with Gasteiger partial charge in [-0.3, -0.25) is 0 Å². The van der Waals surface area contributed by atoms with Gasteiger partial charge < -0.3 is 4.74 Å². The van der Waals surface area contributed by atoms with Gasteiger partial charge in [0, 0.05) is 5.41 Å². The quantitative estimate of drug-likeness (QED) is 0.368. The fourth-order valence-corrected chi connectivity index (χ4v) is 3.12. The highest BCUT2D eigenvalue weighted by Crippen LogP contribution is 2.45. The summed E-state index contributed by atoms with van der Waals surface area (Å²) in [6.07, 6.45) is 3.01. The summed E-state index contributed by atoms with van der Waals surface area (Å²) < 4.78 is 46.2. The zero-order valence-corrected chi connectivity index (χ0v) is 17.9. The van der Waals surface area contributed by atoms with Crippen molar-refractivity contribution >= 4 is 0 Å². The van der Waals surface area contributed by atoms with Crippen LogP contribution < -0.4 is 4.74 Å². The third-order valence-corrected chi connectivity index (χ3v) is 6.02. The molecule has 156 valence electrons. The lowest BCUT2D eigenvalue weighted by Crippen LogP contribution is -2.44. The summed E-state index contributed by atoms with van der Waals surface area (Å²) in [7, 11) is 0. The molecule has 0 fully saturated rings. The average molecular weight is 387 g/mol. The Bertz CT molecular complexity index is 555. The van der Waals surface area contributed by atoms with Gasteiger partial charge in [-0.2, -0.15) is 13.2 Å². The molecule has 1 nitrogen and oxygen atoms in total. The molecule has 0 aliphatic heterocycles. The lowest BCUT2D eigenvalue weighted by atomic mass is 9.65. The molecule has 1 rings (SSSR count). The SMILES string of the molecule is CCCCCCCCC(Oc1ccccc1C(F)(F)F)C(C)(C)C(C)(C)C. The third kappa shape index (κ3) is 7.04. The molecule has 27 heavy (non-hydrogen) atoms. The number of alkyl halides is 3. The van der Waals surface area contributed by atoms with E-state index in [-0.39, 0.29) is 22.7 Å². The van der Waals surface area contributed by atoms with E-state index in [1.165, 1.54) is 37.8 Å². The molecule has 1 unspecified atom stereocenters. The first kappa shape index (κ1) is 23.8. The molecule has 4 heteroatoms. The Morgan fingerprint density at radius 1 is 0.852 bits per heavy atom. The molecular formula is C23H37F3O. The van der Waals surface area contributed by atoms with Gasteiger partial charge in [0.25, 0.3) is 0 Å². The summed E-state index contributed by atoms with van der Waals surface area (Å²) in [5.41, 5.74) is -1.05. The van der Waals surface area contributed by atoms with Gasteiger partial charge in [0.2, 0.25) is 0 Å². The van der Waals surface area contributed by atoms with E-state index in [0.29, 0.717) is 0 Å². The Balaban J connectivity index is 2.96. The number of halogens is 3. The van der Waals surface area contributed by atoms with Gasteiger partial charge in [-0.05, 0) is 30.4 Å². The number of benzene rings is 1. The summed E-state index contributed by atoms with van der Waals surface area (Å²) in [5, 5.41) is 0. The summed E-state index contributed by atoms with van der Waals surface area (Å²) in [6.45, 7) is 12.8. The highest BCUT2D eigenvalue weighted by molar-refractivity contribution is 5.35. The maximum atomic E-state index is 13.4. The van der Waals surface area contributed by atoms with Crippen LogP contribution in [0.1, 0.15) is 92.1 Å². The van der Waals surface area contributed by atoms with Gasteiger partial charge in [0.15, 0.2) is 0 Å². The lowest BCUT2D eigenvalue weighted by molar-refractivity contribution is -0.140. The molecule has 1 aromatic rings. The number of unbranched alkanes of at least 4 members (excludes halogenated alkanes) is 5. The molecule has 0 bridgehead atoms. The molecule has 1 atom stereocenters. The number of hydrogen-bond donors (Lipinski definition) is 0. The number of ether oxygens (including phenoxy) is 1. The molecule has 0 saturated heterocycles. The second-order valence-corrected chi connectivity index (χ2v) is 9.13. The fraction of sp³-hybridized carbons (Fsp3) is 0.739. The molecule has 0 heterocycles. The van der Waals surface area contributed by atoms with Crippen molar-refractivity contribution in [3.8, 4) is 5.75 Å². The van der Waals surface area contributed by atoms with Crippen LogP contribution in [0.4, 0.5) is 13.2 Å². The maximum absolute atomic E-state index is 13.4. The second-order valence-electron chi connectivity index (χ2n) is 9.13. The van der Waals surface area contributed by atoms with Crippen molar-refractivity contribution in [3.63, 3.8) is 0 Å². The van der Waals surface area contributed by atoms with Crippen LogP contribution in [0, 0.1) is 10.8 Å². The monoisotopic (exact) mass is 386 g/mol. The Kier molecular flexibility index (Phi) is 8.69. The highest BCUT2D eigenvalue weighted by Gasteiger charge is 2.42. The molecule has 0 spiro atoms. The van der Waals surface area contributed by atoms with Crippen LogP contribution in [0.25, 0.3) is 0 Å². The van der Waals surface area contributed by atoms with Crippen molar-refractivity contribution in [2.75, 3.05) is 0 Å². The normalized spacial score (nSPS) is 14.3. The van der Waals surface area contributed by atoms with Gasteiger partial charge in [0.1, 0.15) is 11.9 Å². The van der Waals surface area contributed by atoms with Gasteiger partial charge >= 0.3 is 6.18 Å². The van der Waals surface area contributed by atoms with E-state index in [9.17, 15) is 13.2 Å². The summed E-state index contributed by atoms with van der Waals surface area (Å²) in [5.74, 6) is -0.0571. The average Bonchev–Trinajstić information content (AvgIpc) is 2.55. The second kappa shape index (κ2) is 9.84. The van der Waals surface area contributed by atoms with Gasteiger partial charge in [-0.25, -0.2) is 0 Å². The summed E-state index contributed by atoms with van der Waals surface area (Å²) >= 11 is 0. The lowest BCUT2D eigenvalue weighted by Gasteiger charge is -2.45. The van der Waals surface area contributed by atoms with E-state index in [0.717, 1.165) is 25.3 Å². The minimum Gasteiger partial charge on any atom is -0.489 e. The molecule has 0 aliphatic carbocycles. The van der Waals surface area contributed by atoms with Crippen LogP contribution in [-0.2, 0) is 6.18 Å². The van der Waals surface area contributed by atoms with E-state index in [4.69, 9.17) is 4.74 Å². The number of para-hydroxylation sites is 1.